The third kappa shape index (κ3) is 2.09. The lowest BCUT2D eigenvalue weighted by molar-refractivity contribution is 0.742. The molecule has 0 amide bonds. The summed E-state index contributed by atoms with van der Waals surface area (Å²) in [7, 11) is 0. The van der Waals surface area contributed by atoms with Gasteiger partial charge in [0, 0.05) is 5.02 Å². The molecule has 0 bridgehead atoms. The summed E-state index contributed by atoms with van der Waals surface area (Å²) in [5.74, 6) is 0. The van der Waals surface area contributed by atoms with Crippen molar-refractivity contribution in [3.63, 3.8) is 0 Å². The molecular weight excluding hydrogens is 248 g/mol. The Kier molecular flexibility index (Phi) is 3.63. The van der Waals surface area contributed by atoms with Gasteiger partial charge in [-0.25, -0.2) is 4.68 Å². The Bertz CT molecular complexity index is 610. The Labute approximate surface area is 111 Å². The van der Waals surface area contributed by atoms with Crippen LogP contribution in [0.25, 0.3) is 5.69 Å². The van der Waals surface area contributed by atoms with Crippen LogP contribution in [0.5, 0.6) is 0 Å². The fourth-order valence-electron chi connectivity index (χ4n) is 1.87. The Hall–Kier alpha value is -1.86. The van der Waals surface area contributed by atoms with Crippen LogP contribution in [0.1, 0.15) is 30.3 Å². The van der Waals surface area contributed by atoms with E-state index in [9.17, 15) is 0 Å². The summed E-state index contributed by atoms with van der Waals surface area (Å²) in [5.41, 5.74) is 3.03. The van der Waals surface area contributed by atoms with E-state index >= 15 is 0 Å². The van der Waals surface area contributed by atoms with Crippen LogP contribution in [-0.4, -0.2) is 15.0 Å². The third-order valence-electron chi connectivity index (χ3n) is 2.82. The molecule has 0 aliphatic heterocycles. The van der Waals surface area contributed by atoms with E-state index in [1.54, 1.807) is 4.68 Å². The first-order chi connectivity index (χ1) is 8.69. The van der Waals surface area contributed by atoms with E-state index in [1.165, 1.54) is 0 Å². The second kappa shape index (κ2) is 5.19. The summed E-state index contributed by atoms with van der Waals surface area (Å²) >= 11 is 6.11. The van der Waals surface area contributed by atoms with Crippen LogP contribution >= 0.6 is 11.6 Å². The van der Waals surface area contributed by atoms with Gasteiger partial charge in [-0.15, -0.1) is 5.10 Å². The molecule has 0 atom stereocenters. The van der Waals surface area contributed by atoms with Gasteiger partial charge in [0.2, 0.25) is 0 Å². The lowest BCUT2D eigenvalue weighted by atomic mass is 10.1. The summed E-state index contributed by atoms with van der Waals surface area (Å²) in [6, 6.07) is 7.71. The first kappa shape index (κ1) is 12.6. The predicted octanol–water partition coefficient (Wildman–Crippen LogP) is 3.05. The quantitative estimate of drug-likeness (QED) is 0.852. The molecule has 1 heterocycles. The first-order valence-corrected chi connectivity index (χ1v) is 6.17. The first-order valence-electron chi connectivity index (χ1n) is 5.79. The Morgan fingerprint density at radius 3 is 2.89 bits per heavy atom. The molecule has 92 valence electrons. The minimum Gasteiger partial charge on any atom is -0.216 e. The molecular formula is C13H13ClN4. The second-order valence-corrected chi connectivity index (χ2v) is 4.45. The molecule has 4 nitrogen and oxygen atoms in total. The van der Waals surface area contributed by atoms with Crippen molar-refractivity contribution >= 4 is 11.6 Å². The number of hydrogen-bond donors (Lipinski definition) is 0. The van der Waals surface area contributed by atoms with Crippen molar-refractivity contribution in [1.82, 2.24) is 15.0 Å². The number of rotatable bonds is 3. The molecule has 0 aliphatic carbocycles. The molecule has 1 aromatic heterocycles. The highest BCUT2D eigenvalue weighted by Crippen LogP contribution is 2.23. The minimum atomic E-state index is 0.385. The van der Waals surface area contributed by atoms with Crippen LogP contribution < -0.4 is 0 Å². The van der Waals surface area contributed by atoms with Crippen molar-refractivity contribution in [2.24, 2.45) is 0 Å². The van der Waals surface area contributed by atoms with Gasteiger partial charge in [0.1, 0.15) is 6.07 Å². The number of hydrogen-bond acceptors (Lipinski definition) is 3. The SMILES string of the molecule is CCCc1c(C#N)nnn1-c1cccc(Cl)c1C. The topological polar surface area (TPSA) is 54.5 Å². The minimum absolute atomic E-state index is 0.385. The Morgan fingerprint density at radius 2 is 2.22 bits per heavy atom. The van der Waals surface area contributed by atoms with Gasteiger partial charge in [-0.05, 0) is 31.0 Å². The molecule has 0 saturated carbocycles. The van der Waals surface area contributed by atoms with Crippen molar-refractivity contribution in [2.75, 3.05) is 0 Å². The number of aromatic nitrogens is 3. The van der Waals surface area contributed by atoms with Crippen LogP contribution in [0.4, 0.5) is 0 Å². The van der Waals surface area contributed by atoms with E-state index in [0.717, 1.165) is 29.8 Å². The van der Waals surface area contributed by atoms with Gasteiger partial charge < -0.3 is 0 Å². The fourth-order valence-corrected chi connectivity index (χ4v) is 2.04. The summed E-state index contributed by atoms with van der Waals surface area (Å²) in [6.07, 6.45) is 1.70. The van der Waals surface area contributed by atoms with Crippen molar-refractivity contribution in [1.29, 1.82) is 5.26 Å². The van der Waals surface area contributed by atoms with Gasteiger partial charge >= 0.3 is 0 Å². The molecule has 5 heteroatoms. The van der Waals surface area contributed by atoms with Crippen LogP contribution in [0.3, 0.4) is 0 Å². The third-order valence-corrected chi connectivity index (χ3v) is 3.23. The van der Waals surface area contributed by atoms with Gasteiger partial charge in [0.05, 0.1) is 11.4 Å². The smallest absolute Gasteiger partial charge is 0.186 e. The van der Waals surface area contributed by atoms with Gasteiger partial charge in [-0.3, -0.25) is 0 Å². The number of halogens is 1. The average molecular weight is 261 g/mol. The number of benzene rings is 1. The predicted molar refractivity (Wildman–Crippen MR) is 69.8 cm³/mol. The largest absolute Gasteiger partial charge is 0.216 e. The lowest BCUT2D eigenvalue weighted by Gasteiger charge is -2.09. The molecule has 0 saturated heterocycles. The molecule has 1 aromatic carbocycles. The fraction of sp³-hybridized carbons (Fsp3) is 0.308. The number of nitriles is 1. The van der Waals surface area contributed by atoms with E-state index in [0.29, 0.717) is 10.7 Å². The molecule has 0 aliphatic rings. The second-order valence-electron chi connectivity index (χ2n) is 4.04. The maximum Gasteiger partial charge on any atom is 0.186 e. The lowest BCUT2D eigenvalue weighted by Crippen LogP contribution is -2.05. The van der Waals surface area contributed by atoms with E-state index in [4.69, 9.17) is 16.9 Å². The molecule has 0 radical (unpaired) electrons. The van der Waals surface area contributed by atoms with Crippen LogP contribution in [-0.2, 0) is 6.42 Å². The maximum atomic E-state index is 9.04. The van der Waals surface area contributed by atoms with Gasteiger partial charge in [-0.2, -0.15) is 5.26 Å². The highest BCUT2D eigenvalue weighted by molar-refractivity contribution is 6.31. The average Bonchev–Trinajstić information content (AvgIpc) is 2.76. The van der Waals surface area contributed by atoms with Crippen LogP contribution in [0, 0.1) is 18.3 Å². The summed E-state index contributed by atoms with van der Waals surface area (Å²) in [6.45, 7) is 3.99. The zero-order valence-corrected chi connectivity index (χ0v) is 11.1. The molecule has 0 unspecified atom stereocenters. The van der Waals surface area contributed by atoms with Gasteiger partial charge in [0.25, 0.3) is 0 Å². The monoisotopic (exact) mass is 260 g/mol. The van der Waals surface area contributed by atoms with E-state index in [1.807, 2.05) is 25.1 Å². The zero-order valence-electron chi connectivity index (χ0n) is 10.3. The summed E-state index contributed by atoms with van der Waals surface area (Å²) in [4.78, 5) is 0. The Morgan fingerprint density at radius 1 is 1.44 bits per heavy atom. The van der Waals surface area contributed by atoms with Crippen molar-refractivity contribution in [3.05, 3.63) is 40.2 Å². The van der Waals surface area contributed by atoms with Gasteiger partial charge in [0.15, 0.2) is 5.69 Å². The van der Waals surface area contributed by atoms with E-state index in [2.05, 4.69) is 23.3 Å². The van der Waals surface area contributed by atoms with E-state index in [-0.39, 0.29) is 0 Å². The van der Waals surface area contributed by atoms with Crippen LogP contribution in [0.2, 0.25) is 5.02 Å². The number of nitrogens with zero attached hydrogens (tertiary/aromatic N) is 4. The summed E-state index contributed by atoms with van der Waals surface area (Å²) < 4.78 is 1.71. The molecule has 0 spiro atoms. The highest BCUT2D eigenvalue weighted by atomic mass is 35.5. The molecule has 2 aromatic rings. The standard InChI is InChI=1S/C13H13ClN4/c1-3-5-13-11(8-15)16-17-18(13)12-7-4-6-10(14)9(12)2/h4,6-7H,3,5H2,1-2H3. The zero-order chi connectivity index (χ0) is 13.1. The Balaban J connectivity index is 2.61. The molecule has 18 heavy (non-hydrogen) atoms. The van der Waals surface area contributed by atoms with Gasteiger partial charge in [-0.1, -0.05) is 36.2 Å². The van der Waals surface area contributed by atoms with E-state index < -0.39 is 0 Å². The highest BCUT2D eigenvalue weighted by Gasteiger charge is 2.15. The molecule has 0 fully saturated rings. The molecule has 0 N–H and O–H groups in total. The van der Waals surface area contributed by atoms with Crippen LogP contribution in [0.15, 0.2) is 18.2 Å². The summed E-state index contributed by atoms with van der Waals surface area (Å²) in [5, 5.41) is 17.7. The van der Waals surface area contributed by atoms with Crippen molar-refractivity contribution in [2.45, 2.75) is 26.7 Å². The maximum absolute atomic E-state index is 9.04. The molecule has 2 rings (SSSR count). The van der Waals surface area contributed by atoms with Crippen molar-refractivity contribution in [3.8, 4) is 11.8 Å². The van der Waals surface area contributed by atoms with Crippen molar-refractivity contribution < 1.29 is 0 Å². The normalized spacial score (nSPS) is 10.3.